The summed E-state index contributed by atoms with van der Waals surface area (Å²) in [7, 11) is 1.62. The second-order valence-corrected chi connectivity index (χ2v) is 4.25. The van der Waals surface area contributed by atoms with E-state index in [1.54, 1.807) is 13.3 Å². The van der Waals surface area contributed by atoms with Crippen LogP contribution in [0.25, 0.3) is 22.4 Å². The Kier molecular flexibility index (Phi) is 2.60. The highest BCUT2D eigenvalue weighted by Gasteiger charge is 2.06. The number of hydrogen-bond acceptors (Lipinski definition) is 4. The summed E-state index contributed by atoms with van der Waals surface area (Å²) in [5, 5.41) is 7.65. The molecule has 3 aromatic rings. The Labute approximate surface area is 108 Å². The third-order valence-electron chi connectivity index (χ3n) is 2.70. The smallest absolute Gasteiger partial charge is 0.153 e. The first-order valence-corrected chi connectivity index (χ1v) is 5.80. The van der Waals surface area contributed by atoms with Crippen molar-refractivity contribution >= 4 is 23.2 Å². The summed E-state index contributed by atoms with van der Waals surface area (Å²) in [4.78, 5) is 0. The molecular formula is C13H10N2O2S. The van der Waals surface area contributed by atoms with E-state index in [0.29, 0.717) is 11.3 Å². The zero-order valence-electron chi connectivity index (χ0n) is 9.64. The van der Waals surface area contributed by atoms with Crippen molar-refractivity contribution in [1.29, 1.82) is 0 Å². The molecule has 0 atom stereocenters. The van der Waals surface area contributed by atoms with Gasteiger partial charge < -0.3 is 9.15 Å². The highest BCUT2D eigenvalue weighted by molar-refractivity contribution is 7.71. The van der Waals surface area contributed by atoms with E-state index in [1.165, 1.54) is 0 Å². The molecular weight excluding hydrogens is 248 g/mol. The van der Waals surface area contributed by atoms with Crippen molar-refractivity contribution in [3.05, 3.63) is 41.0 Å². The molecule has 1 N–H and O–H groups in total. The lowest BCUT2D eigenvalue weighted by Crippen LogP contribution is -1.84. The molecule has 0 aliphatic carbocycles. The summed E-state index contributed by atoms with van der Waals surface area (Å²) >= 11 is 5.36. The molecule has 1 aromatic carbocycles. The number of nitrogens with one attached hydrogen (secondary N) is 1. The highest BCUT2D eigenvalue weighted by Crippen LogP contribution is 2.27. The van der Waals surface area contributed by atoms with Crippen molar-refractivity contribution in [3.63, 3.8) is 0 Å². The average Bonchev–Trinajstić information content (AvgIpc) is 2.91. The zero-order chi connectivity index (χ0) is 12.5. The van der Waals surface area contributed by atoms with Crippen molar-refractivity contribution in [2.24, 2.45) is 0 Å². The molecule has 4 nitrogen and oxygen atoms in total. The van der Waals surface area contributed by atoms with Gasteiger partial charge in [0.05, 0.1) is 11.6 Å². The second-order valence-electron chi connectivity index (χ2n) is 3.81. The number of fused-ring (bicyclic) bond motifs is 1. The van der Waals surface area contributed by atoms with Crippen molar-refractivity contribution < 1.29 is 9.15 Å². The minimum atomic E-state index is 0.665. The molecule has 2 heterocycles. The predicted molar refractivity (Wildman–Crippen MR) is 71.2 cm³/mol. The van der Waals surface area contributed by atoms with Crippen LogP contribution in [0.15, 0.2) is 40.9 Å². The molecule has 0 aliphatic rings. The first-order valence-electron chi connectivity index (χ1n) is 5.39. The molecule has 0 aliphatic heterocycles. The minimum Gasteiger partial charge on any atom is -0.497 e. The fourth-order valence-corrected chi connectivity index (χ4v) is 2.06. The third-order valence-corrected chi connectivity index (χ3v) is 3.04. The van der Waals surface area contributed by atoms with E-state index < -0.39 is 0 Å². The van der Waals surface area contributed by atoms with Gasteiger partial charge in [-0.05, 0) is 18.2 Å². The summed E-state index contributed by atoms with van der Waals surface area (Å²) < 4.78 is 11.7. The maximum absolute atomic E-state index is 5.81. The van der Waals surface area contributed by atoms with Crippen LogP contribution in [0.1, 0.15) is 0 Å². The van der Waals surface area contributed by atoms with Crippen LogP contribution in [-0.4, -0.2) is 17.3 Å². The van der Waals surface area contributed by atoms with Gasteiger partial charge >= 0.3 is 0 Å². The fourth-order valence-electron chi connectivity index (χ4n) is 1.79. The van der Waals surface area contributed by atoms with E-state index in [1.807, 2.05) is 30.3 Å². The van der Waals surface area contributed by atoms with Gasteiger partial charge in [-0.3, -0.25) is 5.10 Å². The molecule has 0 amide bonds. The van der Waals surface area contributed by atoms with Gasteiger partial charge in [-0.25, -0.2) is 0 Å². The van der Waals surface area contributed by atoms with Crippen LogP contribution >= 0.6 is 12.2 Å². The third kappa shape index (κ3) is 1.78. The molecule has 2 aromatic heterocycles. The molecule has 0 radical (unpaired) electrons. The molecule has 5 heteroatoms. The van der Waals surface area contributed by atoms with E-state index in [0.717, 1.165) is 21.3 Å². The monoisotopic (exact) mass is 258 g/mol. The van der Waals surface area contributed by atoms with Gasteiger partial charge in [-0.15, -0.1) is 0 Å². The van der Waals surface area contributed by atoms with Crippen molar-refractivity contribution in [2.45, 2.75) is 0 Å². The lowest BCUT2D eigenvalue weighted by Gasteiger charge is -2.04. The van der Waals surface area contributed by atoms with E-state index >= 15 is 0 Å². The second kappa shape index (κ2) is 4.27. The molecule has 0 bridgehead atoms. The van der Waals surface area contributed by atoms with E-state index in [-0.39, 0.29) is 0 Å². The summed E-state index contributed by atoms with van der Waals surface area (Å²) in [6, 6.07) is 9.24. The number of aromatic nitrogens is 2. The Balaban J connectivity index is 2.28. The summed E-state index contributed by atoms with van der Waals surface area (Å²) in [6.07, 6.45) is 1.67. The number of hydrogen-bond donors (Lipinski definition) is 1. The first-order chi connectivity index (χ1) is 8.78. The van der Waals surface area contributed by atoms with Gasteiger partial charge in [0, 0.05) is 23.7 Å². The molecule has 0 spiro atoms. The largest absolute Gasteiger partial charge is 0.497 e. The van der Waals surface area contributed by atoms with Crippen molar-refractivity contribution in [2.75, 3.05) is 7.11 Å². The lowest BCUT2D eigenvalue weighted by atomic mass is 10.2. The summed E-state index contributed by atoms with van der Waals surface area (Å²) in [5.41, 5.74) is 1.50. The SMILES string of the molecule is COc1ccc2c(=S)cc(-c3ccn[nH]3)oc2c1. The maximum Gasteiger partial charge on any atom is 0.153 e. The van der Waals surface area contributed by atoms with Crippen LogP contribution in [0.2, 0.25) is 0 Å². The molecule has 3 rings (SSSR count). The average molecular weight is 258 g/mol. The molecule has 18 heavy (non-hydrogen) atoms. The summed E-state index contributed by atoms with van der Waals surface area (Å²) in [5.74, 6) is 1.40. The van der Waals surface area contributed by atoms with Gasteiger partial charge in [-0.2, -0.15) is 5.10 Å². The Hall–Kier alpha value is -2.14. The number of methoxy groups -OCH3 is 1. The minimum absolute atomic E-state index is 0.665. The first kappa shape index (κ1) is 11.0. The molecule has 90 valence electrons. The van der Waals surface area contributed by atoms with Gasteiger partial charge in [0.1, 0.15) is 17.0 Å². The van der Waals surface area contributed by atoms with Crippen molar-refractivity contribution in [1.82, 2.24) is 10.2 Å². The van der Waals surface area contributed by atoms with Gasteiger partial charge in [0.2, 0.25) is 0 Å². The Morgan fingerprint density at radius 3 is 2.89 bits per heavy atom. The number of aromatic amines is 1. The van der Waals surface area contributed by atoms with Crippen LogP contribution in [0.5, 0.6) is 5.75 Å². The topological polar surface area (TPSA) is 51.0 Å². The lowest BCUT2D eigenvalue weighted by molar-refractivity contribution is 0.414. The van der Waals surface area contributed by atoms with Gasteiger partial charge in [0.25, 0.3) is 0 Å². The molecule has 0 saturated carbocycles. The number of H-pyrrole nitrogens is 1. The number of ether oxygens (including phenoxy) is 1. The molecule has 0 unspecified atom stereocenters. The van der Waals surface area contributed by atoms with E-state index in [2.05, 4.69) is 10.2 Å². The summed E-state index contributed by atoms with van der Waals surface area (Å²) in [6.45, 7) is 0. The van der Waals surface area contributed by atoms with Crippen LogP contribution in [-0.2, 0) is 0 Å². The van der Waals surface area contributed by atoms with E-state index in [4.69, 9.17) is 21.4 Å². The number of nitrogens with zero attached hydrogens (tertiary/aromatic N) is 1. The van der Waals surface area contributed by atoms with Crippen LogP contribution in [0, 0.1) is 4.51 Å². The molecule has 0 saturated heterocycles. The highest BCUT2D eigenvalue weighted by atomic mass is 32.1. The zero-order valence-corrected chi connectivity index (χ0v) is 10.5. The Morgan fingerprint density at radius 1 is 1.28 bits per heavy atom. The van der Waals surface area contributed by atoms with E-state index in [9.17, 15) is 0 Å². The van der Waals surface area contributed by atoms with Crippen molar-refractivity contribution in [3.8, 4) is 17.2 Å². The number of benzene rings is 1. The Morgan fingerprint density at radius 2 is 2.17 bits per heavy atom. The predicted octanol–water partition coefficient (Wildman–Crippen LogP) is 3.56. The Bertz CT molecular complexity index is 747. The fraction of sp³-hybridized carbons (Fsp3) is 0.0769. The van der Waals surface area contributed by atoms with Crippen LogP contribution < -0.4 is 4.74 Å². The van der Waals surface area contributed by atoms with Crippen LogP contribution in [0.4, 0.5) is 0 Å². The standard InChI is InChI=1S/C13H10N2O2S/c1-16-8-2-3-9-11(6-8)17-12(7-13(9)18)10-4-5-14-15-10/h2-7H,1H3,(H,14,15). The molecule has 0 fully saturated rings. The van der Waals surface area contributed by atoms with Crippen LogP contribution in [0.3, 0.4) is 0 Å². The normalized spacial score (nSPS) is 10.7. The van der Waals surface area contributed by atoms with Gasteiger partial charge in [0.15, 0.2) is 5.76 Å². The van der Waals surface area contributed by atoms with Gasteiger partial charge in [-0.1, -0.05) is 12.2 Å². The number of rotatable bonds is 2. The maximum atomic E-state index is 5.81. The quantitative estimate of drug-likeness (QED) is 0.714.